The molecule has 134 valence electrons. The molecule has 2 N–H and O–H groups in total. The Morgan fingerprint density at radius 3 is 2.50 bits per heavy atom. The Labute approximate surface area is 155 Å². The third kappa shape index (κ3) is 5.37. The molecular formula is C19H19N3O3S. The fraction of sp³-hybridized carbons (Fsp3) is 0.211. The van der Waals surface area contributed by atoms with Crippen molar-refractivity contribution in [1.82, 2.24) is 9.88 Å². The number of carbonyl (C=O) groups excluding carboxylic acids is 1. The molecule has 0 aliphatic carbocycles. The van der Waals surface area contributed by atoms with Gasteiger partial charge in [0.2, 0.25) is 0 Å². The van der Waals surface area contributed by atoms with Crippen LogP contribution in [0.4, 0.5) is 0 Å². The number of hydrogen-bond donors (Lipinski definition) is 2. The minimum atomic E-state index is -0.584. The molecule has 1 heterocycles. The van der Waals surface area contributed by atoms with Gasteiger partial charge < -0.3 is 10.4 Å². The van der Waals surface area contributed by atoms with Crippen molar-refractivity contribution in [1.29, 1.82) is 5.26 Å². The summed E-state index contributed by atoms with van der Waals surface area (Å²) in [6.07, 6.45) is 5.02. The van der Waals surface area contributed by atoms with Crippen LogP contribution in [0.15, 0.2) is 29.1 Å². The molecule has 0 atom stereocenters. The van der Waals surface area contributed by atoms with E-state index in [-0.39, 0.29) is 17.7 Å². The molecule has 2 rings (SSSR count). The van der Waals surface area contributed by atoms with Gasteiger partial charge in [0.25, 0.3) is 11.5 Å². The summed E-state index contributed by atoms with van der Waals surface area (Å²) in [5, 5.41) is 20.2. The number of amides is 1. The molecule has 7 heteroatoms. The molecule has 0 spiro atoms. The first-order valence-corrected chi connectivity index (χ1v) is 8.47. The maximum Gasteiger partial charge on any atom is 0.268 e. The van der Waals surface area contributed by atoms with Crippen LogP contribution in [0.3, 0.4) is 0 Å². The van der Waals surface area contributed by atoms with Crippen LogP contribution < -0.4 is 20.1 Å². The first-order valence-electron chi connectivity index (χ1n) is 7.65. The van der Waals surface area contributed by atoms with E-state index < -0.39 is 5.91 Å². The maximum atomic E-state index is 11.7. The van der Waals surface area contributed by atoms with Gasteiger partial charge in [0, 0.05) is 6.54 Å². The van der Waals surface area contributed by atoms with Crippen molar-refractivity contribution in [2.45, 2.75) is 20.4 Å². The van der Waals surface area contributed by atoms with Crippen LogP contribution in [0, 0.1) is 30.6 Å². The average Bonchev–Trinajstić information content (AvgIpc) is 2.91. The molecule has 0 radical (unpaired) electrons. The highest BCUT2D eigenvalue weighted by Crippen LogP contribution is 2.07. The largest absolute Gasteiger partial charge is 0.508 e. The zero-order chi connectivity index (χ0) is 19.7. The smallest absolute Gasteiger partial charge is 0.268 e. The van der Waals surface area contributed by atoms with E-state index in [9.17, 15) is 9.59 Å². The SMILES string of the molecule is C#CCNC(=O)/C(C#N)=c1\sc(=C)c(=O)n1CC.Cc1ccc(O)cc1. The molecule has 0 saturated carbocycles. The van der Waals surface area contributed by atoms with Gasteiger partial charge in [0.15, 0.2) is 5.57 Å². The number of terminal acetylenes is 1. The monoisotopic (exact) mass is 369 g/mol. The third-order valence-corrected chi connectivity index (χ3v) is 4.24. The topological polar surface area (TPSA) is 95.1 Å². The minimum absolute atomic E-state index is 0.0307. The molecule has 1 aromatic heterocycles. The number of benzene rings is 1. The van der Waals surface area contributed by atoms with Crippen molar-refractivity contribution in [2.24, 2.45) is 0 Å². The molecule has 0 bridgehead atoms. The van der Waals surface area contributed by atoms with Gasteiger partial charge in [-0.25, -0.2) is 0 Å². The molecule has 0 saturated heterocycles. The van der Waals surface area contributed by atoms with E-state index in [1.807, 2.05) is 19.1 Å². The number of aryl methyl sites for hydroxylation is 1. The van der Waals surface area contributed by atoms with Crippen LogP contribution in [-0.4, -0.2) is 22.1 Å². The second-order valence-corrected chi connectivity index (χ2v) is 6.17. The summed E-state index contributed by atoms with van der Waals surface area (Å²) in [5.74, 6) is 1.99. The van der Waals surface area contributed by atoms with Crippen molar-refractivity contribution in [3.63, 3.8) is 0 Å². The summed E-state index contributed by atoms with van der Waals surface area (Å²) in [4.78, 5) is 23.4. The zero-order valence-corrected chi connectivity index (χ0v) is 15.4. The van der Waals surface area contributed by atoms with E-state index in [4.69, 9.17) is 16.8 Å². The highest BCUT2D eigenvalue weighted by atomic mass is 32.1. The van der Waals surface area contributed by atoms with E-state index in [1.54, 1.807) is 25.1 Å². The van der Waals surface area contributed by atoms with Gasteiger partial charge >= 0.3 is 0 Å². The average molecular weight is 369 g/mol. The lowest BCUT2D eigenvalue weighted by Crippen LogP contribution is -2.34. The van der Waals surface area contributed by atoms with Crippen molar-refractivity contribution in [3.05, 3.63) is 49.4 Å². The van der Waals surface area contributed by atoms with Crippen molar-refractivity contribution >= 4 is 29.4 Å². The minimum Gasteiger partial charge on any atom is -0.508 e. The third-order valence-electron chi connectivity index (χ3n) is 3.20. The molecule has 0 aliphatic rings. The molecule has 1 amide bonds. The van der Waals surface area contributed by atoms with E-state index in [0.29, 0.717) is 21.5 Å². The summed E-state index contributed by atoms with van der Waals surface area (Å²) >= 11 is 1.03. The normalized spacial score (nSPS) is 10.6. The summed E-state index contributed by atoms with van der Waals surface area (Å²) in [6.45, 7) is 7.73. The highest BCUT2D eigenvalue weighted by molar-refractivity contribution is 7.07. The van der Waals surface area contributed by atoms with Gasteiger partial charge in [-0.15, -0.1) is 17.8 Å². The molecule has 0 unspecified atom stereocenters. The number of rotatable bonds is 3. The van der Waals surface area contributed by atoms with Gasteiger partial charge in [-0.05, 0) is 26.0 Å². The van der Waals surface area contributed by atoms with Crippen molar-refractivity contribution in [2.75, 3.05) is 6.54 Å². The second kappa shape index (κ2) is 9.87. The van der Waals surface area contributed by atoms with E-state index in [0.717, 1.165) is 11.3 Å². The quantitative estimate of drug-likeness (QED) is 0.769. The molecule has 1 aromatic carbocycles. The number of nitrogens with one attached hydrogen (secondary N) is 1. The van der Waals surface area contributed by atoms with Gasteiger partial charge in [-0.2, -0.15) is 5.26 Å². The number of aromatic hydroxyl groups is 1. The van der Waals surface area contributed by atoms with E-state index in [1.165, 1.54) is 10.1 Å². The Morgan fingerprint density at radius 1 is 1.42 bits per heavy atom. The summed E-state index contributed by atoms with van der Waals surface area (Å²) < 4.78 is 1.95. The fourth-order valence-electron chi connectivity index (χ4n) is 1.89. The first-order chi connectivity index (χ1) is 12.3. The lowest BCUT2D eigenvalue weighted by molar-refractivity contribution is -0.115. The van der Waals surface area contributed by atoms with Crippen LogP contribution >= 0.6 is 11.3 Å². The predicted molar refractivity (Wildman–Crippen MR) is 103 cm³/mol. The Hall–Kier alpha value is -3.29. The predicted octanol–water partition coefficient (Wildman–Crippen LogP) is 0.464. The number of nitrogens with zero attached hydrogens (tertiary/aromatic N) is 2. The second-order valence-electron chi connectivity index (χ2n) is 5.09. The van der Waals surface area contributed by atoms with E-state index in [2.05, 4.69) is 17.8 Å². The van der Waals surface area contributed by atoms with Crippen LogP contribution in [0.1, 0.15) is 12.5 Å². The molecule has 0 aliphatic heterocycles. The van der Waals surface area contributed by atoms with E-state index >= 15 is 0 Å². The molecular weight excluding hydrogens is 350 g/mol. The summed E-state index contributed by atoms with van der Waals surface area (Å²) in [6, 6.07) is 8.89. The maximum absolute atomic E-state index is 11.7. The standard InChI is InChI=1S/C12H11N3O2S.C7H8O/c1-4-6-14-10(16)9(7-13)12-15(5-2)11(17)8(3)18-12;1-6-2-4-7(8)5-3-6/h1H,3,5-6H2,2H3,(H,14,16);2-5,8H,1H3/b12-9-;. The van der Waals surface area contributed by atoms with Crippen LogP contribution in [0.2, 0.25) is 0 Å². The number of phenolic OH excluding ortho intramolecular Hbond substituents is 1. The fourth-order valence-corrected chi connectivity index (χ4v) is 2.89. The van der Waals surface area contributed by atoms with Crippen LogP contribution in [-0.2, 0) is 11.3 Å². The van der Waals surface area contributed by atoms with Gasteiger partial charge in [0.05, 0.1) is 11.1 Å². The summed E-state index contributed by atoms with van der Waals surface area (Å²) in [7, 11) is 0. The zero-order valence-electron chi connectivity index (χ0n) is 14.6. The number of carbonyl (C=O) groups is 1. The van der Waals surface area contributed by atoms with Gasteiger partial charge in [0.1, 0.15) is 16.5 Å². The highest BCUT2D eigenvalue weighted by Gasteiger charge is 2.13. The molecule has 26 heavy (non-hydrogen) atoms. The number of hydrogen-bond acceptors (Lipinski definition) is 5. The Balaban J connectivity index is 0.000000350. The van der Waals surface area contributed by atoms with Crippen molar-refractivity contribution < 1.29 is 9.90 Å². The molecule has 6 nitrogen and oxygen atoms in total. The first kappa shape index (κ1) is 20.8. The molecule has 2 aromatic rings. The Bertz CT molecular complexity index is 997. The number of aromatic nitrogens is 1. The summed E-state index contributed by atoms with van der Waals surface area (Å²) in [5.41, 5.74) is 0.766. The van der Waals surface area contributed by atoms with Crippen molar-refractivity contribution in [3.8, 4) is 24.2 Å². The lowest BCUT2D eigenvalue weighted by Gasteiger charge is -2.00. The Kier molecular flexibility index (Phi) is 7.88. The van der Waals surface area contributed by atoms with Gasteiger partial charge in [-0.3, -0.25) is 14.2 Å². The van der Waals surface area contributed by atoms with Crippen LogP contribution in [0.5, 0.6) is 5.75 Å². The Morgan fingerprint density at radius 2 is 2.04 bits per heavy atom. The lowest BCUT2D eigenvalue weighted by atomic mass is 10.2. The number of phenols is 1. The number of thiazole rings is 1. The number of nitriles is 1. The van der Waals surface area contributed by atoms with Gasteiger partial charge in [-0.1, -0.05) is 30.2 Å². The molecule has 0 fully saturated rings. The van der Waals surface area contributed by atoms with Crippen LogP contribution in [0.25, 0.3) is 12.2 Å².